The molecule has 0 aliphatic carbocycles. The lowest BCUT2D eigenvalue weighted by Crippen LogP contribution is -2.39. The lowest BCUT2D eigenvalue weighted by molar-refractivity contribution is 0.119. The second-order valence-corrected chi connectivity index (χ2v) is 3.64. The van der Waals surface area contributed by atoms with Crippen molar-refractivity contribution in [3.05, 3.63) is 29.8 Å². The molecule has 0 saturated carbocycles. The second kappa shape index (κ2) is 2.72. The van der Waals surface area contributed by atoms with E-state index in [1.807, 2.05) is 12.1 Å². The van der Waals surface area contributed by atoms with E-state index in [0.717, 1.165) is 18.7 Å². The highest BCUT2D eigenvalue weighted by Gasteiger charge is 2.33. The predicted molar refractivity (Wildman–Crippen MR) is 49.2 cm³/mol. The zero-order valence-corrected chi connectivity index (χ0v) is 7.29. The third-order valence-electron chi connectivity index (χ3n) is 2.75. The van der Waals surface area contributed by atoms with Gasteiger partial charge >= 0.3 is 0 Å². The Bertz CT molecular complexity index is 295. The Morgan fingerprint density at radius 3 is 3.23 bits per heavy atom. The number of hydrogen-bond donors (Lipinski definition) is 2. The Labute approximate surface area is 77.1 Å². The predicted octanol–water partition coefficient (Wildman–Crippen LogP) is 0.672. The quantitative estimate of drug-likeness (QED) is 0.609. The summed E-state index contributed by atoms with van der Waals surface area (Å²) in [6.45, 7) is 0.999. The molecule has 1 aromatic carbocycles. The van der Waals surface area contributed by atoms with Gasteiger partial charge in [0.2, 0.25) is 0 Å². The van der Waals surface area contributed by atoms with E-state index in [0.29, 0.717) is 5.92 Å². The highest BCUT2D eigenvalue weighted by molar-refractivity contribution is 5.35. The van der Waals surface area contributed by atoms with E-state index in [4.69, 9.17) is 4.74 Å². The summed E-state index contributed by atoms with van der Waals surface area (Å²) in [5.41, 5.74) is 7.58. The Kier molecular flexibility index (Phi) is 1.54. The van der Waals surface area contributed by atoms with Crippen LogP contribution in [0.2, 0.25) is 0 Å². The van der Waals surface area contributed by atoms with E-state index in [1.54, 1.807) is 0 Å². The smallest absolute Gasteiger partial charge is 0.166 e. The summed E-state index contributed by atoms with van der Waals surface area (Å²) >= 11 is 0. The molecule has 1 fully saturated rings. The van der Waals surface area contributed by atoms with Gasteiger partial charge in [-0.3, -0.25) is 5.43 Å². The maximum atomic E-state index is 5.78. The van der Waals surface area contributed by atoms with Gasteiger partial charge in [0.05, 0.1) is 0 Å². The molecule has 2 heterocycles. The fourth-order valence-corrected chi connectivity index (χ4v) is 2.03. The molecule has 2 unspecified atom stereocenters. The SMILES string of the molecule is c1ccc2c(c1)CC1CNNC1O2. The van der Waals surface area contributed by atoms with Crippen LogP contribution < -0.4 is 15.6 Å². The monoisotopic (exact) mass is 176 g/mol. The molecule has 2 N–H and O–H groups in total. The van der Waals surface area contributed by atoms with Crippen molar-refractivity contribution in [1.29, 1.82) is 0 Å². The van der Waals surface area contributed by atoms with Crippen molar-refractivity contribution in [3.63, 3.8) is 0 Å². The van der Waals surface area contributed by atoms with Crippen LogP contribution >= 0.6 is 0 Å². The molecule has 2 aliphatic heterocycles. The van der Waals surface area contributed by atoms with Gasteiger partial charge in [0.1, 0.15) is 5.75 Å². The Morgan fingerprint density at radius 1 is 1.31 bits per heavy atom. The molecule has 13 heavy (non-hydrogen) atoms. The van der Waals surface area contributed by atoms with Gasteiger partial charge in [-0.05, 0) is 18.1 Å². The summed E-state index contributed by atoms with van der Waals surface area (Å²) in [6.07, 6.45) is 1.27. The van der Waals surface area contributed by atoms with Crippen molar-refractivity contribution < 1.29 is 4.74 Å². The first-order chi connectivity index (χ1) is 6.43. The number of rotatable bonds is 0. The van der Waals surface area contributed by atoms with Crippen molar-refractivity contribution in [1.82, 2.24) is 10.9 Å². The maximum Gasteiger partial charge on any atom is 0.166 e. The first-order valence-electron chi connectivity index (χ1n) is 4.66. The standard InChI is InChI=1S/C10H12N2O/c1-2-4-9-7(3-1)5-8-6-11-12-10(8)13-9/h1-4,8,10-12H,5-6H2. The van der Waals surface area contributed by atoms with Crippen molar-refractivity contribution in [3.8, 4) is 5.75 Å². The number of hydrazine groups is 1. The number of ether oxygens (including phenoxy) is 1. The Balaban J connectivity index is 1.97. The van der Waals surface area contributed by atoms with Crippen LogP contribution in [0.5, 0.6) is 5.75 Å². The molecule has 1 saturated heterocycles. The molecule has 1 aromatic rings. The second-order valence-electron chi connectivity index (χ2n) is 3.64. The minimum atomic E-state index is 0.162. The van der Waals surface area contributed by atoms with Crippen LogP contribution in [0.1, 0.15) is 5.56 Å². The van der Waals surface area contributed by atoms with Crippen molar-refractivity contribution in [2.24, 2.45) is 5.92 Å². The summed E-state index contributed by atoms with van der Waals surface area (Å²) in [4.78, 5) is 0. The minimum absolute atomic E-state index is 0.162. The first kappa shape index (κ1) is 7.35. The molecule has 0 spiro atoms. The molecule has 68 valence electrons. The highest BCUT2D eigenvalue weighted by Crippen LogP contribution is 2.30. The third kappa shape index (κ3) is 1.12. The molecule has 3 rings (SSSR count). The molecule has 0 aromatic heterocycles. The largest absolute Gasteiger partial charge is 0.473 e. The Morgan fingerprint density at radius 2 is 2.23 bits per heavy atom. The number of fused-ring (bicyclic) bond motifs is 2. The topological polar surface area (TPSA) is 33.3 Å². The van der Waals surface area contributed by atoms with Crippen LogP contribution in [0, 0.1) is 5.92 Å². The lowest BCUT2D eigenvalue weighted by Gasteiger charge is -2.27. The highest BCUT2D eigenvalue weighted by atomic mass is 16.5. The molecular weight excluding hydrogens is 164 g/mol. The molecular formula is C10H12N2O. The zero-order valence-electron chi connectivity index (χ0n) is 7.29. The van der Waals surface area contributed by atoms with Crippen molar-refractivity contribution >= 4 is 0 Å². The normalized spacial score (nSPS) is 30.5. The summed E-state index contributed by atoms with van der Waals surface area (Å²) in [5.74, 6) is 1.61. The first-order valence-corrected chi connectivity index (χ1v) is 4.66. The summed E-state index contributed by atoms with van der Waals surface area (Å²) in [6, 6.07) is 8.26. The summed E-state index contributed by atoms with van der Waals surface area (Å²) in [5, 5.41) is 0. The molecule has 0 bridgehead atoms. The molecule has 3 heteroatoms. The average Bonchev–Trinajstić information content (AvgIpc) is 2.61. The molecule has 0 amide bonds. The number of benzene rings is 1. The average molecular weight is 176 g/mol. The lowest BCUT2D eigenvalue weighted by atomic mass is 9.95. The van der Waals surface area contributed by atoms with Gasteiger partial charge < -0.3 is 4.74 Å². The van der Waals surface area contributed by atoms with E-state index in [9.17, 15) is 0 Å². The van der Waals surface area contributed by atoms with E-state index in [2.05, 4.69) is 23.0 Å². The molecule has 3 nitrogen and oxygen atoms in total. The molecule has 2 aliphatic rings. The van der Waals surface area contributed by atoms with Crippen molar-refractivity contribution in [2.45, 2.75) is 12.6 Å². The third-order valence-corrected chi connectivity index (χ3v) is 2.75. The van der Waals surface area contributed by atoms with Crippen LogP contribution in [0.3, 0.4) is 0 Å². The van der Waals surface area contributed by atoms with Gasteiger partial charge in [0.15, 0.2) is 6.23 Å². The van der Waals surface area contributed by atoms with Crippen molar-refractivity contribution in [2.75, 3.05) is 6.54 Å². The van der Waals surface area contributed by atoms with Crippen LogP contribution in [-0.2, 0) is 6.42 Å². The van der Waals surface area contributed by atoms with Crippen LogP contribution in [-0.4, -0.2) is 12.8 Å². The number of hydrogen-bond acceptors (Lipinski definition) is 3. The van der Waals surface area contributed by atoms with Gasteiger partial charge in [-0.1, -0.05) is 18.2 Å². The van der Waals surface area contributed by atoms with Gasteiger partial charge in [-0.25, -0.2) is 5.43 Å². The van der Waals surface area contributed by atoms with Crippen LogP contribution in [0.4, 0.5) is 0 Å². The molecule has 0 radical (unpaired) electrons. The number of nitrogens with one attached hydrogen (secondary N) is 2. The van der Waals surface area contributed by atoms with E-state index < -0.39 is 0 Å². The molecule has 2 atom stereocenters. The summed E-state index contributed by atoms with van der Waals surface area (Å²) < 4.78 is 5.78. The van der Waals surface area contributed by atoms with Gasteiger partial charge in [0.25, 0.3) is 0 Å². The fraction of sp³-hybridized carbons (Fsp3) is 0.400. The zero-order chi connectivity index (χ0) is 8.67. The minimum Gasteiger partial charge on any atom is -0.473 e. The summed E-state index contributed by atoms with van der Waals surface area (Å²) in [7, 11) is 0. The van der Waals surface area contributed by atoms with Gasteiger partial charge in [0, 0.05) is 12.5 Å². The van der Waals surface area contributed by atoms with Crippen LogP contribution in [0.15, 0.2) is 24.3 Å². The maximum absolute atomic E-state index is 5.78. The van der Waals surface area contributed by atoms with Crippen LogP contribution in [0.25, 0.3) is 0 Å². The Hall–Kier alpha value is -1.06. The van der Waals surface area contributed by atoms with E-state index in [-0.39, 0.29) is 6.23 Å². The number of para-hydroxylation sites is 1. The van der Waals surface area contributed by atoms with Gasteiger partial charge in [-0.15, -0.1) is 0 Å². The fourth-order valence-electron chi connectivity index (χ4n) is 2.03. The van der Waals surface area contributed by atoms with Gasteiger partial charge in [-0.2, -0.15) is 0 Å². The van der Waals surface area contributed by atoms with E-state index in [1.165, 1.54) is 5.56 Å². The van der Waals surface area contributed by atoms with E-state index >= 15 is 0 Å².